The van der Waals surface area contributed by atoms with Crippen LogP contribution < -0.4 is 5.32 Å². The van der Waals surface area contributed by atoms with Gasteiger partial charge in [0, 0.05) is 13.1 Å². The fraction of sp³-hybridized carbons (Fsp3) is 0.667. The Bertz CT molecular complexity index is 387. The minimum Gasteiger partial charge on any atom is -0.360 e. The molecule has 1 saturated heterocycles. The third-order valence-electron chi connectivity index (χ3n) is 2.57. The van der Waals surface area contributed by atoms with Crippen LogP contribution in [0.4, 0.5) is 11.5 Å². The molecule has 0 spiro atoms. The maximum Gasteiger partial charge on any atom is 0.330 e. The van der Waals surface area contributed by atoms with Crippen LogP contribution in [0, 0.1) is 10.1 Å². The summed E-state index contributed by atoms with van der Waals surface area (Å²) in [5, 5.41) is 18.0. The van der Waals surface area contributed by atoms with E-state index in [1.54, 1.807) is 7.05 Å². The first-order valence-electron chi connectivity index (χ1n) is 5.19. The van der Waals surface area contributed by atoms with Crippen molar-refractivity contribution in [2.45, 2.75) is 18.9 Å². The van der Waals surface area contributed by atoms with Crippen molar-refractivity contribution in [3.05, 3.63) is 16.3 Å². The van der Waals surface area contributed by atoms with Crippen LogP contribution in [0.15, 0.2) is 6.20 Å². The Hall–Kier alpha value is -1.24. The number of nitrogens with zero attached hydrogens (tertiary/aromatic N) is 3. The van der Waals surface area contributed by atoms with E-state index in [-0.39, 0.29) is 5.69 Å². The molecule has 0 aliphatic carbocycles. The van der Waals surface area contributed by atoms with Gasteiger partial charge >= 0.3 is 5.69 Å². The Morgan fingerprint density at radius 3 is 2.94 bits per heavy atom. The van der Waals surface area contributed by atoms with E-state index in [9.17, 15) is 10.1 Å². The number of rotatable bonds is 3. The van der Waals surface area contributed by atoms with Crippen molar-refractivity contribution in [3.63, 3.8) is 0 Å². The van der Waals surface area contributed by atoms with E-state index in [1.807, 2.05) is 11.8 Å². The molecule has 0 saturated carbocycles. The topological polar surface area (TPSA) is 73.0 Å². The van der Waals surface area contributed by atoms with Crippen molar-refractivity contribution in [1.29, 1.82) is 0 Å². The first kappa shape index (κ1) is 11.3. The Labute approximate surface area is 97.5 Å². The van der Waals surface area contributed by atoms with Crippen LogP contribution in [-0.2, 0) is 7.05 Å². The summed E-state index contributed by atoms with van der Waals surface area (Å²) in [4.78, 5) is 10.4. The highest BCUT2D eigenvalue weighted by atomic mass is 32.2. The minimum atomic E-state index is -0.396. The fourth-order valence-corrected chi connectivity index (χ4v) is 2.85. The van der Waals surface area contributed by atoms with E-state index >= 15 is 0 Å². The molecule has 7 heteroatoms. The SMILES string of the molecule is Cn1cc([N+](=O)[O-])c(NC2CCSCC2)n1. The van der Waals surface area contributed by atoms with E-state index in [0.29, 0.717) is 11.9 Å². The second kappa shape index (κ2) is 4.73. The molecule has 2 rings (SSSR count). The van der Waals surface area contributed by atoms with Crippen molar-refractivity contribution >= 4 is 23.3 Å². The van der Waals surface area contributed by atoms with Gasteiger partial charge in [0.1, 0.15) is 6.20 Å². The summed E-state index contributed by atoms with van der Waals surface area (Å²) in [6.45, 7) is 0. The molecule has 1 fully saturated rings. The highest BCUT2D eigenvalue weighted by molar-refractivity contribution is 7.99. The second-order valence-electron chi connectivity index (χ2n) is 3.82. The Morgan fingerprint density at radius 1 is 1.62 bits per heavy atom. The van der Waals surface area contributed by atoms with Crippen molar-refractivity contribution in [2.24, 2.45) is 7.05 Å². The van der Waals surface area contributed by atoms with Gasteiger partial charge < -0.3 is 5.32 Å². The number of aromatic nitrogens is 2. The van der Waals surface area contributed by atoms with Gasteiger partial charge in [-0.05, 0) is 24.3 Å². The molecule has 6 nitrogen and oxygen atoms in total. The van der Waals surface area contributed by atoms with E-state index < -0.39 is 4.92 Å². The molecule has 1 N–H and O–H groups in total. The third kappa shape index (κ3) is 2.46. The summed E-state index contributed by atoms with van der Waals surface area (Å²) in [5.74, 6) is 2.61. The summed E-state index contributed by atoms with van der Waals surface area (Å²) in [6.07, 6.45) is 3.51. The second-order valence-corrected chi connectivity index (χ2v) is 5.05. The lowest BCUT2D eigenvalue weighted by molar-refractivity contribution is -0.384. The Morgan fingerprint density at radius 2 is 2.31 bits per heavy atom. The van der Waals surface area contributed by atoms with Crippen LogP contribution in [-0.4, -0.2) is 32.3 Å². The lowest BCUT2D eigenvalue weighted by Gasteiger charge is -2.21. The molecule has 1 aromatic rings. The number of anilines is 1. The molecule has 0 amide bonds. The van der Waals surface area contributed by atoms with Crippen LogP contribution in [0.25, 0.3) is 0 Å². The maximum atomic E-state index is 10.8. The van der Waals surface area contributed by atoms with Crippen molar-refractivity contribution < 1.29 is 4.92 Å². The van der Waals surface area contributed by atoms with Gasteiger partial charge in [-0.25, -0.2) is 0 Å². The third-order valence-corrected chi connectivity index (χ3v) is 3.62. The molecule has 16 heavy (non-hydrogen) atoms. The molecule has 0 aromatic carbocycles. The molecule has 88 valence electrons. The zero-order valence-electron chi connectivity index (χ0n) is 9.05. The number of nitro groups is 1. The molecule has 1 aromatic heterocycles. The Balaban J connectivity index is 2.10. The van der Waals surface area contributed by atoms with Crippen molar-refractivity contribution in [1.82, 2.24) is 9.78 Å². The number of thioether (sulfide) groups is 1. The van der Waals surface area contributed by atoms with Crippen LogP contribution >= 0.6 is 11.8 Å². The monoisotopic (exact) mass is 242 g/mol. The van der Waals surface area contributed by atoms with Gasteiger partial charge in [-0.15, -0.1) is 5.10 Å². The van der Waals surface area contributed by atoms with Crippen LogP contribution in [0.3, 0.4) is 0 Å². The number of aryl methyl sites for hydroxylation is 1. The molecule has 0 radical (unpaired) electrons. The molecule has 1 aliphatic rings. The quantitative estimate of drug-likeness (QED) is 0.644. The first-order valence-corrected chi connectivity index (χ1v) is 6.34. The smallest absolute Gasteiger partial charge is 0.330 e. The minimum absolute atomic E-state index is 0.0562. The zero-order chi connectivity index (χ0) is 11.5. The van der Waals surface area contributed by atoms with Crippen LogP contribution in [0.5, 0.6) is 0 Å². The van der Waals surface area contributed by atoms with Gasteiger partial charge in [-0.2, -0.15) is 11.8 Å². The molecule has 0 unspecified atom stereocenters. The van der Waals surface area contributed by atoms with Gasteiger partial charge in [0.25, 0.3) is 0 Å². The van der Waals surface area contributed by atoms with Gasteiger partial charge in [0.05, 0.1) is 4.92 Å². The summed E-state index contributed by atoms with van der Waals surface area (Å²) < 4.78 is 1.47. The Kier molecular flexibility index (Phi) is 3.33. The average molecular weight is 242 g/mol. The summed E-state index contributed by atoms with van der Waals surface area (Å²) >= 11 is 1.93. The average Bonchev–Trinajstić information content (AvgIpc) is 2.61. The standard InChI is InChI=1S/C9H14N4O2S/c1-12-6-8(13(14)15)9(11-12)10-7-2-4-16-5-3-7/h6-7H,2-5H2,1H3,(H,10,11). The highest BCUT2D eigenvalue weighted by Crippen LogP contribution is 2.26. The van der Waals surface area contributed by atoms with E-state index in [2.05, 4.69) is 10.4 Å². The number of hydrogen-bond donors (Lipinski definition) is 1. The maximum absolute atomic E-state index is 10.8. The van der Waals surface area contributed by atoms with Gasteiger partial charge in [-0.1, -0.05) is 0 Å². The normalized spacial score (nSPS) is 17.3. The largest absolute Gasteiger partial charge is 0.360 e. The summed E-state index contributed by atoms with van der Waals surface area (Å²) in [7, 11) is 1.69. The molecular weight excluding hydrogens is 228 g/mol. The van der Waals surface area contributed by atoms with E-state index in [1.165, 1.54) is 10.9 Å². The van der Waals surface area contributed by atoms with Crippen LogP contribution in [0.2, 0.25) is 0 Å². The summed E-state index contributed by atoms with van der Waals surface area (Å²) in [6, 6.07) is 0.315. The number of hydrogen-bond acceptors (Lipinski definition) is 5. The fourth-order valence-electron chi connectivity index (χ4n) is 1.75. The van der Waals surface area contributed by atoms with E-state index in [0.717, 1.165) is 24.3 Å². The van der Waals surface area contributed by atoms with Gasteiger partial charge in [-0.3, -0.25) is 14.8 Å². The number of nitrogens with one attached hydrogen (secondary N) is 1. The molecule has 1 aliphatic heterocycles. The zero-order valence-corrected chi connectivity index (χ0v) is 9.87. The van der Waals surface area contributed by atoms with Gasteiger partial charge in [0.2, 0.25) is 5.82 Å². The molecule has 0 atom stereocenters. The van der Waals surface area contributed by atoms with Crippen molar-refractivity contribution in [2.75, 3.05) is 16.8 Å². The van der Waals surface area contributed by atoms with Gasteiger partial charge in [0.15, 0.2) is 0 Å². The molecule has 2 heterocycles. The molecule has 0 bridgehead atoms. The first-order chi connectivity index (χ1) is 7.66. The predicted octanol–water partition coefficient (Wildman–Crippen LogP) is 1.64. The summed E-state index contributed by atoms with van der Waals surface area (Å²) in [5.41, 5.74) is 0.0562. The predicted molar refractivity (Wildman–Crippen MR) is 63.8 cm³/mol. The molecular formula is C9H14N4O2S. The lowest BCUT2D eigenvalue weighted by atomic mass is 10.1. The lowest BCUT2D eigenvalue weighted by Crippen LogP contribution is -2.25. The van der Waals surface area contributed by atoms with Crippen LogP contribution in [0.1, 0.15) is 12.8 Å². The highest BCUT2D eigenvalue weighted by Gasteiger charge is 2.22. The van der Waals surface area contributed by atoms with Crippen molar-refractivity contribution in [3.8, 4) is 0 Å². The van der Waals surface area contributed by atoms with E-state index in [4.69, 9.17) is 0 Å².